The van der Waals surface area contributed by atoms with Crippen molar-refractivity contribution in [3.8, 4) is 5.75 Å². The fourth-order valence-electron chi connectivity index (χ4n) is 4.67. The molecule has 0 radical (unpaired) electrons. The Morgan fingerprint density at radius 2 is 1.89 bits per heavy atom. The number of aromatic nitrogens is 2. The fraction of sp³-hybridized carbons (Fsp3) is 0.241. The number of aromatic carboxylic acids is 1. The van der Waals surface area contributed by atoms with Crippen LogP contribution < -0.4 is 10.3 Å². The number of carbonyl (C=O) groups is 1. The SMILES string of the molecule is O=C(O)c1cccc(COc2ccc(C=Nn3c(C4CCCCC4)nc4ccccc4c3=O)cc2Br)c1. The number of nitrogens with zero attached hydrogens (tertiary/aromatic N) is 3. The third-order valence-electron chi connectivity index (χ3n) is 6.60. The average molecular weight is 560 g/mol. The number of benzene rings is 3. The lowest BCUT2D eigenvalue weighted by molar-refractivity contribution is 0.0696. The maximum atomic E-state index is 13.4. The van der Waals surface area contributed by atoms with Crippen LogP contribution in [0, 0.1) is 0 Å². The molecular formula is C29H26BrN3O4. The molecule has 0 saturated heterocycles. The average Bonchev–Trinajstić information content (AvgIpc) is 2.92. The lowest BCUT2D eigenvalue weighted by atomic mass is 9.88. The van der Waals surface area contributed by atoms with Gasteiger partial charge in [-0.25, -0.2) is 9.78 Å². The van der Waals surface area contributed by atoms with E-state index in [-0.39, 0.29) is 23.6 Å². The number of fused-ring (bicyclic) bond motifs is 1. The molecule has 1 aliphatic rings. The Morgan fingerprint density at radius 1 is 1.08 bits per heavy atom. The second-order valence-corrected chi connectivity index (χ2v) is 10.0. The molecule has 1 fully saturated rings. The number of hydrogen-bond acceptors (Lipinski definition) is 5. The van der Waals surface area contributed by atoms with Gasteiger partial charge in [0.05, 0.1) is 27.2 Å². The van der Waals surface area contributed by atoms with Crippen molar-refractivity contribution >= 4 is 39.0 Å². The van der Waals surface area contributed by atoms with Gasteiger partial charge in [0, 0.05) is 5.92 Å². The van der Waals surface area contributed by atoms with E-state index in [0.717, 1.165) is 47.1 Å². The highest BCUT2D eigenvalue weighted by Crippen LogP contribution is 2.32. The molecule has 1 heterocycles. The first-order chi connectivity index (χ1) is 18.0. The largest absolute Gasteiger partial charge is 0.488 e. The third-order valence-corrected chi connectivity index (χ3v) is 7.22. The Morgan fingerprint density at radius 3 is 2.68 bits per heavy atom. The van der Waals surface area contributed by atoms with Gasteiger partial charge in [-0.1, -0.05) is 43.5 Å². The number of halogens is 1. The Labute approximate surface area is 222 Å². The smallest absolute Gasteiger partial charge is 0.335 e. The van der Waals surface area contributed by atoms with Gasteiger partial charge in [0.2, 0.25) is 0 Å². The molecule has 0 bridgehead atoms. The fourth-order valence-corrected chi connectivity index (χ4v) is 5.18. The van der Waals surface area contributed by atoms with Gasteiger partial charge in [-0.3, -0.25) is 4.79 Å². The summed E-state index contributed by atoms with van der Waals surface area (Å²) in [6, 6.07) is 19.6. The normalized spacial score (nSPS) is 14.3. The highest BCUT2D eigenvalue weighted by atomic mass is 79.9. The summed E-state index contributed by atoms with van der Waals surface area (Å²) in [7, 11) is 0. The zero-order valence-electron chi connectivity index (χ0n) is 20.1. The van der Waals surface area contributed by atoms with Crippen molar-refractivity contribution in [2.75, 3.05) is 0 Å². The number of para-hydroxylation sites is 1. The second-order valence-electron chi connectivity index (χ2n) is 9.17. The topological polar surface area (TPSA) is 93.8 Å². The summed E-state index contributed by atoms with van der Waals surface area (Å²) in [6.07, 6.45) is 7.15. The minimum atomic E-state index is -0.973. The molecule has 188 valence electrons. The molecule has 37 heavy (non-hydrogen) atoms. The molecule has 7 nitrogen and oxygen atoms in total. The quantitative estimate of drug-likeness (QED) is 0.265. The van der Waals surface area contributed by atoms with E-state index < -0.39 is 5.97 Å². The molecule has 0 aliphatic heterocycles. The van der Waals surface area contributed by atoms with Crippen LogP contribution in [0.5, 0.6) is 5.75 Å². The van der Waals surface area contributed by atoms with Crippen LogP contribution in [-0.2, 0) is 6.61 Å². The molecule has 1 aliphatic carbocycles. The zero-order valence-corrected chi connectivity index (χ0v) is 21.7. The van der Waals surface area contributed by atoms with Crippen LogP contribution >= 0.6 is 15.9 Å². The van der Waals surface area contributed by atoms with Crippen LogP contribution in [0.3, 0.4) is 0 Å². The van der Waals surface area contributed by atoms with Crippen molar-refractivity contribution in [1.29, 1.82) is 0 Å². The summed E-state index contributed by atoms with van der Waals surface area (Å²) in [4.78, 5) is 29.4. The molecule has 1 N–H and O–H groups in total. The van der Waals surface area contributed by atoms with Crippen LogP contribution in [0.25, 0.3) is 10.9 Å². The van der Waals surface area contributed by atoms with Gasteiger partial charge in [-0.15, -0.1) is 0 Å². The van der Waals surface area contributed by atoms with E-state index in [9.17, 15) is 14.7 Å². The second kappa shape index (κ2) is 11.1. The number of carboxylic acid groups (broad SMARTS) is 1. The molecular weight excluding hydrogens is 534 g/mol. The van der Waals surface area contributed by atoms with Gasteiger partial charge < -0.3 is 9.84 Å². The molecule has 0 atom stereocenters. The molecule has 5 rings (SSSR count). The maximum absolute atomic E-state index is 13.4. The van der Waals surface area contributed by atoms with Gasteiger partial charge in [0.15, 0.2) is 0 Å². The van der Waals surface area contributed by atoms with E-state index >= 15 is 0 Å². The number of rotatable bonds is 7. The van der Waals surface area contributed by atoms with Crippen molar-refractivity contribution in [2.45, 2.75) is 44.6 Å². The van der Waals surface area contributed by atoms with Crippen LogP contribution in [0.2, 0.25) is 0 Å². The van der Waals surface area contributed by atoms with Crippen LogP contribution in [0.15, 0.2) is 81.1 Å². The molecule has 0 spiro atoms. The minimum absolute atomic E-state index is 0.162. The predicted molar refractivity (Wildman–Crippen MR) is 147 cm³/mol. The van der Waals surface area contributed by atoms with E-state index in [4.69, 9.17) is 9.72 Å². The standard InChI is InChI=1S/C29H26BrN3O4/c30-24-16-19(13-14-26(24)37-18-20-7-6-10-22(15-20)29(35)36)17-31-33-27(21-8-2-1-3-9-21)32-25-12-5-4-11-23(25)28(33)34/h4-7,10-17,21H,1-3,8-9,18H2,(H,35,36). The third kappa shape index (κ3) is 5.64. The van der Waals surface area contributed by atoms with Crippen LogP contribution in [0.4, 0.5) is 0 Å². The lowest BCUT2D eigenvalue weighted by Crippen LogP contribution is -2.25. The van der Waals surface area contributed by atoms with E-state index in [0.29, 0.717) is 16.7 Å². The summed E-state index contributed by atoms with van der Waals surface area (Å²) < 4.78 is 8.08. The predicted octanol–water partition coefficient (Wildman–Crippen LogP) is 6.37. The molecule has 0 unspecified atom stereocenters. The van der Waals surface area contributed by atoms with Gasteiger partial charge in [0.25, 0.3) is 5.56 Å². The zero-order chi connectivity index (χ0) is 25.8. The summed E-state index contributed by atoms with van der Waals surface area (Å²) in [5.74, 6) is 0.581. The Hall–Kier alpha value is -3.78. The minimum Gasteiger partial charge on any atom is -0.488 e. The van der Waals surface area contributed by atoms with Crippen molar-refractivity contribution < 1.29 is 14.6 Å². The van der Waals surface area contributed by atoms with Gasteiger partial charge in [-0.05, 0) is 82.4 Å². The Bertz CT molecular complexity index is 1540. The first-order valence-electron chi connectivity index (χ1n) is 12.3. The van der Waals surface area contributed by atoms with Crippen molar-refractivity contribution in [3.63, 3.8) is 0 Å². The maximum Gasteiger partial charge on any atom is 0.335 e. The highest BCUT2D eigenvalue weighted by molar-refractivity contribution is 9.10. The summed E-state index contributed by atoms with van der Waals surface area (Å²) in [5.41, 5.74) is 2.32. The van der Waals surface area contributed by atoms with Gasteiger partial charge >= 0.3 is 5.97 Å². The van der Waals surface area contributed by atoms with Crippen molar-refractivity contribution in [1.82, 2.24) is 9.66 Å². The first-order valence-corrected chi connectivity index (χ1v) is 13.1. The monoisotopic (exact) mass is 559 g/mol. The van der Waals surface area contributed by atoms with E-state index in [2.05, 4.69) is 21.0 Å². The summed E-state index contributed by atoms with van der Waals surface area (Å²) >= 11 is 3.55. The van der Waals surface area contributed by atoms with Gasteiger partial charge in [0.1, 0.15) is 18.2 Å². The Kier molecular flexibility index (Phi) is 7.46. The van der Waals surface area contributed by atoms with Crippen LogP contribution in [-0.4, -0.2) is 27.0 Å². The van der Waals surface area contributed by atoms with Crippen molar-refractivity contribution in [2.24, 2.45) is 5.10 Å². The highest BCUT2D eigenvalue weighted by Gasteiger charge is 2.22. The van der Waals surface area contributed by atoms with Crippen molar-refractivity contribution in [3.05, 3.63) is 104 Å². The van der Waals surface area contributed by atoms with Crippen LogP contribution in [0.1, 0.15) is 65.3 Å². The number of carboxylic acids is 1. The van der Waals surface area contributed by atoms with E-state index in [1.165, 1.54) is 11.1 Å². The summed E-state index contributed by atoms with van der Waals surface area (Å²) in [6.45, 7) is 0.232. The Balaban J connectivity index is 1.39. The van der Waals surface area contributed by atoms with E-state index in [1.807, 2.05) is 42.5 Å². The first kappa shape index (κ1) is 24.9. The molecule has 0 amide bonds. The lowest BCUT2D eigenvalue weighted by Gasteiger charge is -2.22. The number of ether oxygens (including phenoxy) is 1. The molecule has 3 aromatic carbocycles. The van der Waals surface area contributed by atoms with E-state index in [1.54, 1.807) is 30.5 Å². The molecule has 1 aromatic heterocycles. The molecule has 4 aromatic rings. The van der Waals surface area contributed by atoms with Gasteiger partial charge in [-0.2, -0.15) is 9.78 Å². The summed E-state index contributed by atoms with van der Waals surface area (Å²) in [5, 5.41) is 14.3. The molecule has 1 saturated carbocycles. The molecule has 8 heteroatoms. The number of hydrogen-bond donors (Lipinski definition) is 1.